The van der Waals surface area contributed by atoms with E-state index in [1.54, 1.807) is 30.3 Å². The molecule has 0 aliphatic carbocycles. The van der Waals surface area contributed by atoms with Crippen molar-refractivity contribution in [1.29, 1.82) is 0 Å². The molecule has 0 bridgehead atoms. The number of nitrogens with zero attached hydrogens (tertiary/aromatic N) is 2. The highest BCUT2D eigenvalue weighted by atomic mass is 32.2. The van der Waals surface area contributed by atoms with Crippen molar-refractivity contribution < 1.29 is 12.8 Å². The maximum Gasteiger partial charge on any atom is 0.236 e. The maximum atomic E-state index is 13.5. The molecule has 0 spiro atoms. The molecule has 5 rings (SSSR count). The SMILES string of the molecule is Cc1ccccc1-c1nc(S(=O)(=O)c2ccccc2)c(N2CCc3ccccc3C2)o1. The fraction of sp³-hybridized carbons (Fsp3) is 0.160. The minimum Gasteiger partial charge on any atom is -0.419 e. The van der Waals surface area contributed by atoms with E-state index in [1.165, 1.54) is 11.1 Å². The Bertz CT molecular complexity index is 1340. The van der Waals surface area contributed by atoms with Crippen LogP contribution in [0.5, 0.6) is 0 Å². The second-order valence-electron chi connectivity index (χ2n) is 7.70. The summed E-state index contributed by atoms with van der Waals surface area (Å²) >= 11 is 0. The molecule has 156 valence electrons. The third kappa shape index (κ3) is 3.53. The lowest BCUT2D eigenvalue weighted by molar-refractivity contribution is 0.533. The number of hydrogen-bond donors (Lipinski definition) is 0. The van der Waals surface area contributed by atoms with Gasteiger partial charge < -0.3 is 9.32 Å². The van der Waals surface area contributed by atoms with Gasteiger partial charge in [0.2, 0.25) is 26.6 Å². The molecule has 3 aromatic carbocycles. The Hall–Kier alpha value is -3.38. The van der Waals surface area contributed by atoms with Crippen molar-refractivity contribution in [2.24, 2.45) is 0 Å². The normalized spacial score (nSPS) is 13.8. The number of benzene rings is 3. The van der Waals surface area contributed by atoms with Crippen molar-refractivity contribution in [3.63, 3.8) is 0 Å². The zero-order chi connectivity index (χ0) is 21.4. The van der Waals surface area contributed by atoms with Crippen molar-refractivity contribution in [2.75, 3.05) is 11.4 Å². The van der Waals surface area contributed by atoms with Gasteiger partial charge in [0.1, 0.15) is 0 Å². The van der Waals surface area contributed by atoms with Gasteiger partial charge in [0.15, 0.2) is 0 Å². The lowest BCUT2D eigenvalue weighted by atomic mass is 10.0. The van der Waals surface area contributed by atoms with Crippen LogP contribution in [0.4, 0.5) is 5.88 Å². The monoisotopic (exact) mass is 430 g/mol. The smallest absolute Gasteiger partial charge is 0.236 e. The summed E-state index contributed by atoms with van der Waals surface area (Å²) in [6, 6.07) is 24.3. The second kappa shape index (κ2) is 7.71. The Labute approximate surface area is 181 Å². The van der Waals surface area contributed by atoms with E-state index in [2.05, 4.69) is 17.1 Å². The van der Waals surface area contributed by atoms with Gasteiger partial charge in [0, 0.05) is 18.7 Å². The van der Waals surface area contributed by atoms with Crippen LogP contribution in [0.3, 0.4) is 0 Å². The Balaban J connectivity index is 1.66. The quantitative estimate of drug-likeness (QED) is 0.454. The van der Waals surface area contributed by atoms with E-state index in [0.29, 0.717) is 24.9 Å². The van der Waals surface area contributed by atoms with E-state index >= 15 is 0 Å². The molecule has 1 aromatic heterocycles. The Morgan fingerprint density at radius 3 is 2.32 bits per heavy atom. The van der Waals surface area contributed by atoms with Crippen LogP contribution in [-0.4, -0.2) is 19.9 Å². The van der Waals surface area contributed by atoms with Gasteiger partial charge in [-0.15, -0.1) is 0 Å². The minimum absolute atomic E-state index is 0.0312. The number of rotatable bonds is 4. The van der Waals surface area contributed by atoms with Crippen LogP contribution in [0.2, 0.25) is 0 Å². The average Bonchev–Trinajstić information content (AvgIpc) is 3.26. The summed E-state index contributed by atoms with van der Waals surface area (Å²) < 4.78 is 33.2. The van der Waals surface area contributed by atoms with Crippen LogP contribution < -0.4 is 4.90 Å². The van der Waals surface area contributed by atoms with Crippen molar-refractivity contribution in [1.82, 2.24) is 4.98 Å². The zero-order valence-electron chi connectivity index (χ0n) is 17.2. The lowest BCUT2D eigenvalue weighted by Gasteiger charge is -2.28. The van der Waals surface area contributed by atoms with Crippen LogP contribution >= 0.6 is 0 Å². The van der Waals surface area contributed by atoms with Gasteiger partial charge in [0.05, 0.1) is 4.90 Å². The first-order valence-corrected chi connectivity index (χ1v) is 11.7. The number of fused-ring (bicyclic) bond motifs is 1. The van der Waals surface area contributed by atoms with Crippen LogP contribution in [-0.2, 0) is 22.8 Å². The molecule has 5 nitrogen and oxygen atoms in total. The average molecular weight is 431 g/mol. The number of aromatic nitrogens is 1. The summed E-state index contributed by atoms with van der Waals surface area (Å²) in [5, 5.41) is -0.0312. The summed E-state index contributed by atoms with van der Waals surface area (Å²) in [5.41, 5.74) is 4.22. The van der Waals surface area contributed by atoms with Gasteiger partial charge in [0.25, 0.3) is 0 Å². The second-order valence-corrected chi connectivity index (χ2v) is 9.57. The first kappa shape index (κ1) is 19.6. The standard InChI is InChI=1S/C25H22N2O3S/c1-18-9-5-8-14-22(18)23-26-24(31(28,29)21-12-3-2-4-13-21)25(30-23)27-16-15-19-10-6-7-11-20(19)17-27/h2-14H,15-17H2,1H3. The number of anilines is 1. The molecule has 0 radical (unpaired) electrons. The molecule has 31 heavy (non-hydrogen) atoms. The molecule has 0 N–H and O–H groups in total. The van der Waals surface area contributed by atoms with Gasteiger partial charge in [-0.2, -0.15) is 4.98 Å². The highest BCUT2D eigenvalue weighted by molar-refractivity contribution is 7.91. The number of sulfone groups is 1. The van der Waals surface area contributed by atoms with E-state index in [0.717, 1.165) is 17.5 Å². The molecule has 1 aliphatic heterocycles. The number of aryl methyl sites for hydroxylation is 1. The molecule has 0 fully saturated rings. The van der Waals surface area contributed by atoms with Gasteiger partial charge in [-0.25, -0.2) is 8.42 Å². The minimum atomic E-state index is -3.84. The van der Waals surface area contributed by atoms with E-state index in [-0.39, 0.29) is 9.92 Å². The van der Waals surface area contributed by atoms with Gasteiger partial charge in [-0.05, 0) is 48.2 Å². The highest BCUT2D eigenvalue weighted by Crippen LogP contribution is 2.37. The number of oxazole rings is 1. The molecule has 1 aliphatic rings. The third-order valence-electron chi connectivity index (χ3n) is 5.68. The summed E-state index contributed by atoms with van der Waals surface area (Å²) in [4.78, 5) is 6.71. The molecule has 0 saturated heterocycles. The summed E-state index contributed by atoms with van der Waals surface area (Å²) in [6.45, 7) is 3.20. The largest absolute Gasteiger partial charge is 0.419 e. The van der Waals surface area contributed by atoms with Crippen molar-refractivity contribution in [3.05, 3.63) is 95.6 Å². The predicted molar refractivity (Wildman–Crippen MR) is 120 cm³/mol. The molecule has 0 amide bonds. The third-order valence-corrected chi connectivity index (χ3v) is 7.35. The molecule has 0 atom stereocenters. The Morgan fingerprint density at radius 1 is 0.871 bits per heavy atom. The summed E-state index contributed by atoms with van der Waals surface area (Å²) in [6.07, 6.45) is 0.821. The fourth-order valence-corrected chi connectivity index (χ4v) is 5.32. The van der Waals surface area contributed by atoms with Crippen LogP contribution in [0, 0.1) is 6.92 Å². The van der Waals surface area contributed by atoms with Gasteiger partial charge in [-0.3, -0.25) is 0 Å². The highest BCUT2D eigenvalue weighted by Gasteiger charge is 2.32. The Kier molecular flexibility index (Phi) is 4.87. The first-order chi connectivity index (χ1) is 15.0. The number of hydrogen-bond acceptors (Lipinski definition) is 5. The molecule has 6 heteroatoms. The van der Waals surface area contributed by atoms with Crippen LogP contribution in [0.15, 0.2) is 93.2 Å². The first-order valence-electron chi connectivity index (χ1n) is 10.2. The molecule has 4 aromatic rings. The topological polar surface area (TPSA) is 63.4 Å². The van der Waals surface area contributed by atoms with Crippen molar-refractivity contribution in [2.45, 2.75) is 29.8 Å². The van der Waals surface area contributed by atoms with E-state index < -0.39 is 9.84 Å². The van der Waals surface area contributed by atoms with E-state index in [9.17, 15) is 8.42 Å². The zero-order valence-corrected chi connectivity index (χ0v) is 18.0. The van der Waals surface area contributed by atoms with Gasteiger partial charge >= 0.3 is 0 Å². The fourth-order valence-electron chi connectivity index (χ4n) is 3.98. The van der Waals surface area contributed by atoms with Crippen LogP contribution in [0.25, 0.3) is 11.5 Å². The summed E-state index contributed by atoms with van der Waals surface area (Å²) in [7, 11) is -3.84. The molecular formula is C25H22N2O3S. The molecule has 2 heterocycles. The van der Waals surface area contributed by atoms with E-state index in [4.69, 9.17) is 4.42 Å². The van der Waals surface area contributed by atoms with Crippen LogP contribution in [0.1, 0.15) is 16.7 Å². The molecule has 0 saturated carbocycles. The lowest BCUT2D eigenvalue weighted by Crippen LogP contribution is -2.31. The molecule has 0 unspecified atom stereocenters. The molecular weight excluding hydrogens is 408 g/mol. The summed E-state index contributed by atoms with van der Waals surface area (Å²) in [5.74, 6) is 0.623. The van der Waals surface area contributed by atoms with Gasteiger partial charge in [-0.1, -0.05) is 60.7 Å². The maximum absolute atomic E-state index is 13.5. The Morgan fingerprint density at radius 2 is 1.55 bits per heavy atom. The van der Waals surface area contributed by atoms with Crippen molar-refractivity contribution in [3.8, 4) is 11.5 Å². The van der Waals surface area contributed by atoms with E-state index in [1.807, 2.05) is 48.2 Å². The van der Waals surface area contributed by atoms with Crippen molar-refractivity contribution >= 4 is 15.7 Å². The predicted octanol–water partition coefficient (Wildman–Crippen LogP) is 5.05.